The number of carbonyl (C=O) groups excluding carboxylic acids is 1. The molecule has 2 aromatic carbocycles. The van der Waals surface area contributed by atoms with Gasteiger partial charge in [0.15, 0.2) is 0 Å². The molecular weight excluding hydrogens is 316 g/mol. The number of nitrogens with zero attached hydrogens (tertiary/aromatic N) is 1. The molecular formula is C20H14N2O3. The van der Waals surface area contributed by atoms with Crippen molar-refractivity contribution >= 4 is 28.7 Å². The second-order valence-electron chi connectivity index (χ2n) is 5.63. The summed E-state index contributed by atoms with van der Waals surface area (Å²) >= 11 is 0. The van der Waals surface area contributed by atoms with Gasteiger partial charge < -0.3 is 10.1 Å². The summed E-state index contributed by atoms with van der Waals surface area (Å²) in [6.45, 7) is 1.91. The highest BCUT2D eigenvalue weighted by Gasteiger charge is 2.17. The van der Waals surface area contributed by atoms with E-state index in [9.17, 15) is 14.9 Å². The number of aromatic nitrogens is 1. The van der Waals surface area contributed by atoms with E-state index in [1.165, 1.54) is 18.2 Å². The van der Waals surface area contributed by atoms with Crippen LogP contribution in [0.25, 0.3) is 17.0 Å². The van der Waals surface area contributed by atoms with Crippen molar-refractivity contribution < 1.29 is 14.7 Å². The minimum absolute atomic E-state index is 0.00720. The number of aryl methyl sites for hydroxylation is 1. The van der Waals surface area contributed by atoms with Gasteiger partial charge in [0.1, 0.15) is 11.6 Å². The van der Waals surface area contributed by atoms with Gasteiger partial charge in [0, 0.05) is 22.7 Å². The van der Waals surface area contributed by atoms with E-state index in [-0.39, 0.29) is 16.9 Å². The fourth-order valence-electron chi connectivity index (χ4n) is 2.73. The highest BCUT2D eigenvalue weighted by atomic mass is 16.4. The number of Topliss-reactive ketones (excluding diaryl/α,β-unsaturated/α-hetero) is 1. The number of benzene rings is 2. The smallest absolute Gasteiger partial charge is 0.335 e. The first kappa shape index (κ1) is 16.2. The number of H-pyrrole nitrogens is 1. The SMILES string of the molecule is Cc1cccc2[nH]cc(C(=O)C(C#N)=Cc3ccc(C(=O)O)cc3)c12. The van der Waals surface area contributed by atoms with Gasteiger partial charge in [-0.1, -0.05) is 24.3 Å². The monoisotopic (exact) mass is 330 g/mol. The van der Waals surface area contributed by atoms with E-state index in [1.807, 2.05) is 31.2 Å². The van der Waals surface area contributed by atoms with Crippen molar-refractivity contribution in [2.24, 2.45) is 0 Å². The van der Waals surface area contributed by atoms with Gasteiger partial charge in [-0.25, -0.2) is 4.79 Å². The summed E-state index contributed by atoms with van der Waals surface area (Å²) in [4.78, 5) is 26.7. The van der Waals surface area contributed by atoms with Gasteiger partial charge in [-0.05, 0) is 42.3 Å². The molecule has 3 aromatic rings. The summed E-state index contributed by atoms with van der Waals surface area (Å²) in [6, 6.07) is 13.6. The maximum absolute atomic E-state index is 12.8. The second kappa shape index (κ2) is 6.46. The van der Waals surface area contributed by atoms with Crippen LogP contribution in [0.2, 0.25) is 0 Å². The van der Waals surface area contributed by atoms with Gasteiger partial charge in [0.25, 0.3) is 0 Å². The standard InChI is InChI=1S/C20H14N2O3/c1-12-3-2-4-17-18(12)16(11-22-17)19(23)15(10-21)9-13-5-7-14(8-6-13)20(24)25/h2-9,11,22H,1H3,(H,24,25). The summed E-state index contributed by atoms with van der Waals surface area (Å²) in [5, 5.41) is 19.1. The van der Waals surface area contributed by atoms with Crippen LogP contribution in [0, 0.1) is 18.3 Å². The Morgan fingerprint density at radius 3 is 2.52 bits per heavy atom. The van der Waals surface area contributed by atoms with Crippen LogP contribution < -0.4 is 0 Å². The molecule has 0 amide bonds. The summed E-state index contributed by atoms with van der Waals surface area (Å²) in [5.41, 5.74) is 2.97. The number of hydrogen-bond donors (Lipinski definition) is 2. The first-order chi connectivity index (χ1) is 12.0. The molecule has 0 saturated heterocycles. The third-order valence-electron chi connectivity index (χ3n) is 3.99. The van der Waals surface area contributed by atoms with Crippen molar-refractivity contribution in [1.29, 1.82) is 5.26 Å². The number of fused-ring (bicyclic) bond motifs is 1. The lowest BCUT2D eigenvalue weighted by molar-refractivity contribution is 0.0696. The van der Waals surface area contributed by atoms with Gasteiger partial charge in [-0.3, -0.25) is 4.79 Å². The average Bonchev–Trinajstić information content (AvgIpc) is 3.05. The minimum Gasteiger partial charge on any atom is -0.478 e. The number of carboxylic acids is 1. The number of nitriles is 1. The lowest BCUT2D eigenvalue weighted by Gasteiger charge is -2.02. The van der Waals surface area contributed by atoms with Crippen LogP contribution in [0.4, 0.5) is 0 Å². The van der Waals surface area contributed by atoms with Crippen molar-refractivity contribution in [2.45, 2.75) is 6.92 Å². The summed E-state index contributed by atoms with van der Waals surface area (Å²) in [7, 11) is 0. The zero-order chi connectivity index (χ0) is 18.0. The van der Waals surface area contributed by atoms with Gasteiger partial charge in [0.05, 0.1) is 5.56 Å². The molecule has 2 N–H and O–H groups in total. The van der Waals surface area contributed by atoms with Crippen molar-refractivity contribution in [2.75, 3.05) is 0 Å². The van der Waals surface area contributed by atoms with E-state index in [1.54, 1.807) is 18.3 Å². The third-order valence-corrected chi connectivity index (χ3v) is 3.99. The summed E-state index contributed by atoms with van der Waals surface area (Å²) < 4.78 is 0. The lowest BCUT2D eigenvalue weighted by atomic mass is 9.99. The molecule has 0 saturated carbocycles. The van der Waals surface area contributed by atoms with Crippen LogP contribution >= 0.6 is 0 Å². The van der Waals surface area contributed by atoms with Gasteiger partial charge in [0.2, 0.25) is 5.78 Å². The van der Waals surface area contributed by atoms with Gasteiger partial charge in [-0.2, -0.15) is 5.26 Å². The average molecular weight is 330 g/mol. The Hall–Kier alpha value is -3.65. The molecule has 5 nitrogen and oxygen atoms in total. The van der Waals surface area contributed by atoms with E-state index in [0.29, 0.717) is 11.1 Å². The molecule has 1 heterocycles. The number of carbonyl (C=O) groups is 2. The number of aromatic carboxylic acids is 1. The molecule has 0 unspecified atom stereocenters. The Balaban J connectivity index is 2.01. The Kier molecular flexibility index (Phi) is 4.19. The van der Waals surface area contributed by atoms with Gasteiger partial charge >= 0.3 is 5.97 Å². The molecule has 0 bridgehead atoms. The molecule has 0 aliphatic rings. The van der Waals surface area contributed by atoms with Crippen molar-refractivity contribution in [1.82, 2.24) is 4.98 Å². The zero-order valence-corrected chi connectivity index (χ0v) is 13.4. The molecule has 3 rings (SSSR count). The van der Waals surface area contributed by atoms with Crippen molar-refractivity contribution in [3.8, 4) is 6.07 Å². The number of allylic oxidation sites excluding steroid dienone is 1. The molecule has 25 heavy (non-hydrogen) atoms. The van der Waals surface area contributed by atoms with Crippen molar-refractivity contribution in [3.05, 3.63) is 76.5 Å². The highest BCUT2D eigenvalue weighted by molar-refractivity contribution is 6.20. The number of nitrogens with one attached hydrogen (secondary N) is 1. The molecule has 0 aliphatic heterocycles. The Bertz CT molecular complexity index is 1050. The minimum atomic E-state index is -1.03. The molecule has 0 spiro atoms. The van der Waals surface area contributed by atoms with Crippen LogP contribution in [0.15, 0.2) is 54.2 Å². The predicted octanol–water partition coefficient (Wildman–Crippen LogP) is 3.96. The van der Waals surface area contributed by atoms with Gasteiger partial charge in [-0.15, -0.1) is 0 Å². The maximum atomic E-state index is 12.8. The fraction of sp³-hybridized carbons (Fsp3) is 0.0500. The quantitative estimate of drug-likeness (QED) is 0.430. The zero-order valence-electron chi connectivity index (χ0n) is 13.4. The topological polar surface area (TPSA) is 94.0 Å². The van der Waals surface area contributed by atoms with Crippen LogP contribution in [-0.4, -0.2) is 21.8 Å². The second-order valence-corrected chi connectivity index (χ2v) is 5.63. The predicted molar refractivity (Wildman–Crippen MR) is 94.4 cm³/mol. The highest BCUT2D eigenvalue weighted by Crippen LogP contribution is 2.25. The van der Waals surface area contributed by atoms with E-state index in [4.69, 9.17) is 5.11 Å². The Labute approximate surface area is 143 Å². The van der Waals surface area contributed by atoms with Crippen LogP contribution in [0.3, 0.4) is 0 Å². The maximum Gasteiger partial charge on any atom is 0.335 e. The van der Waals surface area contributed by atoms with E-state index in [2.05, 4.69) is 4.98 Å². The van der Waals surface area contributed by atoms with Crippen LogP contribution in [0.1, 0.15) is 31.8 Å². The number of hydrogen-bond acceptors (Lipinski definition) is 3. The van der Waals surface area contributed by atoms with E-state index in [0.717, 1.165) is 16.5 Å². The van der Waals surface area contributed by atoms with E-state index < -0.39 is 5.97 Å². The largest absolute Gasteiger partial charge is 0.478 e. The molecule has 122 valence electrons. The Morgan fingerprint density at radius 2 is 1.88 bits per heavy atom. The Morgan fingerprint density at radius 1 is 1.16 bits per heavy atom. The number of aromatic amines is 1. The first-order valence-electron chi connectivity index (χ1n) is 7.58. The lowest BCUT2D eigenvalue weighted by Crippen LogP contribution is -2.02. The summed E-state index contributed by atoms with van der Waals surface area (Å²) in [5.74, 6) is -1.40. The number of rotatable bonds is 4. The van der Waals surface area contributed by atoms with Crippen LogP contribution in [-0.2, 0) is 0 Å². The van der Waals surface area contributed by atoms with Crippen molar-refractivity contribution in [3.63, 3.8) is 0 Å². The number of carboxylic acid groups (broad SMARTS) is 1. The molecule has 0 fully saturated rings. The normalized spacial score (nSPS) is 11.3. The third kappa shape index (κ3) is 3.06. The molecule has 1 aromatic heterocycles. The molecule has 0 radical (unpaired) electrons. The summed E-state index contributed by atoms with van der Waals surface area (Å²) in [6.07, 6.45) is 3.07. The number of ketones is 1. The van der Waals surface area contributed by atoms with E-state index >= 15 is 0 Å². The molecule has 5 heteroatoms. The first-order valence-corrected chi connectivity index (χ1v) is 7.58. The molecule has 0 aliphatic carbocycles. The van der Waals surface area contributed by atoms with Crippen LogP contribution in [0.5, 0.6) is 0 Å². The fourth-order valence-corrected chi connectivity index (χ4v) is 2.73. The molecule has 0 atom stereocenters.